The van der Waals surface area contributed by atoms with Gasteiger partial charge in [0.2, 0.25) is 0 Å². The SMILES string of the molecule is Cc1cccc(CN2CCC3(CCc4ccccc4O3)CC2)c1. The van der Waals surface area contributed by atoms with E-state index in [-0.39, 0.29) is 5.60 Å². The van der Waals surface area contributed by atoms with E-state index in [1.807, 2.05) is 0 Å². The molecule has 0 aromatic heterocycles. The Labute approximate surface area is 139 Å². The van der Waals surface area contributed by atoms with Crippen LogP contribution in [0.4, 0.5) is 0 Å². The molecule has 1 spiro atoms. The maximum atomic E-state index is 6.45. The van der Waals surface area contributed by atoms with E-state index in [0.717, 1.165) is 44.6 Å². The molecular weight excluding hydrogens is 282 g/mol. The van der Waals surface area contributed by atoms with Crippen molar-refractivity contribution >= 4 is 0 Å². The van der Waals surface area contributed by atoms with Crippen LogP contribution in [0.2, 0.25) is 0 Å². The summed E-state index contributed by atoms with van der Waals surface area (Å²) in [6, 6.07) is 17.4. The average Bonchev–Trinajstić information content (AvgIpc) is 2.57. The Morgan fingerprint density at radius 3 is 2.65 bits per heavy atom. The van der Waals surface area contributed by atoms with Crippen molar-refractivity contribution in [2.24, 2.45) is 0 Å². The summed E-state index contributed by atoms with van der Waals surface area (Å²) in [5.74, 6) is 1.12. The van der Waals surface area contributed by atoms with Crippen molar-refractivity contribution in [1.29, 1.82) is 0 Å². The standard InChI is InChI=1S/C21H25NO/c1-17-5-4-6-18(15-17)16-22-13-11-21(12-14-22)10-9-19-7-2-3-8-20(19)23-21/h2-8,15H,9-14,16H2,1H3. The Kier molecular flexibility index (Phi) is 3.86. The van der Waals surface area contributed by atoms with Crippen molar-refractivity contribution < 1.29 is 4.74 Å². The smallest absolute Gasteiger partial charge is 0.123 e. The Morgan fingerprint density at radius 2 is 1.83 bits per heavy atom. The second kappa shape index (κ2) is 6.01. The maximum Gasteiger partial charge on any atom is 0.123 e. The molecule has 2 aromatic carbocycles. The highest BCUT2D eigenvalue weighted by atomic mass is 16.5. The van der Waals surface area contributed by atoms with Gasteiger partial charge in [0.1, 0.15) is 11.4 Å². The minimum absolute atomic E-state index is 0.0808. The summed E-state index contributed by atoms with van der Waals surface area (Å²) in [7, 11) is 0. The molecule has 2 aromatic rings. The first-order valence-corrected chi connectivity index (χ1v) is 8.77. The number of benzene rings is 2. The van der Waals surface area contributed by atoms with Crippen molar-refractivity contribution in [1.82, 2.24) is 4.90 Å². The molecule has 2 aliphatic heterocycles. The molecule has 0 atom stereocenters. The second-order valence-electron chi connectivity index (χ2n) is 7.16. The number of likely N-dealkylation sites (tertiary alicyclic amines) is 1. The third kappa shape index (κ3) is 3.13. The fourth-order valence-electron chi connectivity index (χ4n) is 4.00. The normalized spacial score (nSPS) is 20.0. The van der Waals surface area contributed by atoms with E-state index in [2.05, 4.69) is 60.4 Å². The summed E-state index contributed by atoms with van der Waals surface area (Å²) in [5.41, 5.74) is 4.23. The monoisotopic (exact) mass is 307 g/mol. The lowest BCUT2D eigenvalue weighted by Gasteiger charge is -2.44. The van der Waals surface area contributed by atoms with Crippen molar-refractivity contribution in [3.05, 3.63) is 65.2 Å². The van der Waals surface area contributed by atoms with E-state index in [9.17, 15) is 0 Å². The number of hydrogen-bond donors (Lipinski definition) is 0. The highest BCUT2D eigenvalue weighted by Gasteiger charge is 2.39. The van der Waals surface area contributed by atoms with E-state index in [0.29, 0.717) is 0 Å². The molecule has 2 nitrogen and oxygen atoms in total. The first kappa shape index (κ1) is 14.8. The van der Waals surface area contributed by atoms with Crippen molar-refractivity contribution in [3.63, 3.8) is 0 Å². The van der Waals surface area contributed by atoms with E-state index in [1.54, 1.807) is 0 Å². The first-order valence-electron chi connectivity index (χ1n) is 8.77. The molecule has 23 heavy (non-hydrogen) atoms. The Balaban J connectivity index is 1.40. The van der Waals surface area contributed by atoms with Crippen LogP contribution in [0, 0.1) is 6.92 Å². The number of para-hydroxylation sites is 1. The number of piperidine rings is 1. The number of fused-ring (bicyclic) bond motifs is 1. The molecular formula is C21H25NO. The molecule has 0 aliphatic carbocycles. The van der Waals surface area contributed by atoms with Gasteiger partial charge in [-0.1, -0.05) is 48.0 Å². The quantitative estimate of drug-likeness (QED) is 0.817. The van der Waals surface area contributed by atoms with Crippen LogP contribution in [-0.2, 0) is 13.0 Å². The lowest BCUT2D eigenvalue weighted by atomic mass is 9.83. The Hall–Kier alpha value is -1.80. The molecule has 2 heteroatoms. The number of hydrogen-bond acceptors (Lipinski definition) is 2. The van der Waals surface area contributed by atoms with Crippen LogP contribution < -0.4 is 4.74 Å². The molecule has 1 fully saturated rings. The molecule has 0 amide bonds. The molecule has 0 N–H and O–H groups in total. The Bertz CT molecular complexity index is 686. The highest BCUT2D eigenvalue weighted by Crippen LogP contribution is 2.39. The predicted molar refractivity (Wildman–Crippen MR) is 93.8 cm³/mol. The van der Waals surface area contributed by atoms with Gasteiger partial charge in [0.25, 0.3) is 0 Å². The van der Waals surface area contributed by atoms with Crippen molar-refractivity contribution in [2.45, 2.75) is 44.8 Å². The van der Waals surface area contributed by atoms with E-state index >= 15 is 0 Å². The summed E-state index contributed by atoms with van der Waals surface area (Å²) in [6.45, 7) is 5.50. The fourth-order valence-corrected chi connectivity index (χ4v) is 4.00. The molecule has 0 bridgehead atoms. The summed E-state index contributed by atoms with van der Waals surface area (Å²) in [4.78, 5) is 2.57. The predicted octanol–water partition coefficient (Wildman–Crippen LogP) is 4.35. The van der Waals surface area contributed by atoms with Gasteiger partial charge in [0.15, 0.2) is 0 Å². The number of nitrogens with zero attached hydrogens (tertiary/aromatic N) is 1. The van der Waals surface area contributed by atoms with Crippen LogP contribution in [-0.4, -0.2) is 23.6 Å². The van der Waals surface area contributed by atoms with Crippen LogP contribution in [0.15, 0.2) is 48.5 Å². The summed E-state index contributed by atoms with van der Waals surface area (Å²) < 4.78 is 6.45. The molecule has 1 saturated heterocycles. The summed E-state index contributed by atoms with van der Waals surface area (Å²) in [5, 5.41) is 0. The van der Waals surface area contributed by atoms with Gasteiger partial charge in [0.05, 0.1) is 0 Å². The maximum absolute atomic E-state index is 6.45. The summed E-state index contributed by atoms with van der Waals surface area (Å²) >= 11 is 0. The van der Waals surface area contributed by atoms with Gasteiger partial charge < -0.3 is 4.74 Å². The zero-order valence-electron chi connectivity index (χ0n) is 13.9. The van der Waals surface area contributed by atoms with Crippen molar-refractivity contribution in [2.75, 3.05) is 13.1 Å². The largest absolute Gasteiger partial charge is 0.487 e. The lowest BCUT2D eigenvalue weighted by molar-refractivity contribution is -0.0163. The molecule has 0 saturated carbocycles. The number of rotatable bonds is 2. The van der Waals surface area contributed by atoms with Gasteiger partial charge in [-0.2, -0.15) is 0 Å². The topological polar surface area (TPSA) is 12.5 Å². The average molecular weight is 307 g/mol. The third-order valence-corrected chi connectivity index (χ3v) is 5.40. The van der Waals surface area contributed by atoms with Gasteiger partial charge in [-0.25, -0.2) is 0 Å². The third-order valence-electron chi connectivity index (χ3n) is 5.40. The molecule has 0 radical (unpaired) electrons. The van der Waals surface area contributed by atoms with Gasteiger partial charge in [-0.15, -0.1) is 0 Å². The van der Waals surface area contributed by atoms with Crippen LogP contribution in [0.3, 0.4) is 0 Å². The first-order chi connectivity index (χ1) is 11.2. The van der Waals surface area contributed by atoms with Gasteiger partial charge in [0, 0.05) is 19.6 Å². The number of aryl methyl sites for hydroxylation is 2. The molecule has 2 heterocycles. The van der Waals surface area contributed by atoms with Crippen LogP contribution in [0.25, 0.3) is 0 Å². The fraction of sp³-hybridized carbons (Fsp3) is 0.429. The van der Waals surface area contributed by atoms with Gasteiger partial charge >= 0.3 is 0 Å². The van der Waals surface area contributed by atoms with E-state index in [1.165, 1.54) is 23.1 Å². The minimum atomic E-state index is 0.0808. The van der Waals surface area contributed by atoms with E-state index in [4.69, 9.17) is 4.74 Å². The summed E-state index contributed by atoms with van der Waals surface area (Å²) in [6.07, 6.45) is 4.62. The van der Waals surface area contributed by atoms with Crippen LogP contribution in [0.1, 0.15) is 36.0 Å². The Morgan fingerprint density at radius 1 is 1.00 bits per heavy atom. The molecule has 4 rings (SSSR count). The minimum Gasteiger partial charge on any atom is -0.487 e. The van der Waals surface area contributed by atoms with Gasteiger partial charge in [-0.3, -0.25) is 4.90 Å². The second-order valence-corrected chi connectivity index (χ2v) is 7.16. The van der Waals surface area contributed by atoms with Crippen molar-refractivity contribution in [3.8, 4) is 5.75 Å². The zero-order valence-corrected chi connectivity index (χ0v) is 13.9. The van der Waals surface area contributed by atoms with Crippen LogP contribution in [0.5, 0.6) is 5.75 Å². The zero-order chi connectivity index (χ0) is 15.7. The van der Waals surface area contributed by atoms with Crippen LogP contribution >= 0.6 is 0 Å². The molecule has 120 valence electrons. The molecule has 0 unspecified atom stereocenters. The van der Waals surface area contributed by atoms with Gasteiger partial charge in [-0.05, 0) is 49.8 Å². The van der Waals surface area contributed by atoms with E-state index < -0.39 is 0 Å². The molecule has 2 aliphatic rings. The highest BCUT2D eigenvalue weighted by molar-refractivity contribution is 5.36. The number of ether oxygens (including phenoxy) is 1. The lowest BCUT2D eigenvalue weighted by Crippen LogP contribution is -2.49.